The molecule has 2 aliphatic rings. The van der Waals surface area contributed by atoms with Crippen LogP contribution in [0.2, 0.25) is 0 Å². The van der Waals surface area contributed by atoms with Gasteiger partial charge in [0.1, 0.15) is 0 Å². The molecule has 30 heavy (non-hydrogen) atoms. The highest BCUT2D eigenvalue weighted by molar-refractivity contribution is 8.18. The quantitative estimate of drug-likeness (QED) is 0.608. The van der Waals surface area contributed by atoms with Crippen molar-refractivity contribution in [2.75, 3.05) is 0 Å². The molecule has 150 valence electrons. The van der Waals surface area contributed by atoms with Gasteiger partial charge in [0.25, 0.3) is 5.91 Å². The Morgan fingerprint density at radius 3 is 2.47 bits per heavy atom. The van der Waals surface area contributed by atoms with Crippen LogP contribution in [0.1, 0.15) is 31.2 Å². The van der Waals surface area contributed by atoms with Crippen molar-refractivity contribution < 1.29 is 4.79 Å². The Morgan fingerprint density at radius 2 is 1.73 bits per heavy atom. The van der Waals surface area contributed by atoms with Crippen molar-refractivity contribution in [3.05, 3.63) is 77.3 Å². The van der Waals surface area contributed by atoms with Gasteiger partial charge in [0.05, 0.1) is 22.3 Å². The van der Waals surface area contributed by atoms with Gasteiger partial charge in [-0.25, -0.2) is 4.68 Å². The van der Waals surface area contributed by atoms with Gasteiger partial charge in [-0.2, -0.15) is 5.10 Å². The lowest BCUT2D eigenvalue weighted by molar-refractivity contribution is -0.115. The van der Waals surface area contributed by atoms with Crippen LogP contribution in [-0.2, 0) is 4.79 Å². The second kappa shape index (κ2) is 8.32. The van der Waals surface area contributed by atoms with Gasteiger partial charge in [-0.15, -0.1) is 0 Å². The second-order valence-electron chi connectivity index (χ2n) is 7.52. The number of hydrogen-bond donors (Lipinski definition) is 1. The van der Waals surface area contributed by atoms with Gasteiger partial charge in [-0.1, -0.05) is 61.4 Å². The third-order valence-electron chi connectivity index (χ3n) is 5.37. The average Bonchev–Trinajstić information content (AvgIpc) is 3.51. The summed E-state index contributed by atoms with van der Waals surface area (Å²) >= 11 is 1.42. The number of nitrogens with one attached hydrogen (secondary N) is 1. The first-order chi connectivity index (χ1) is 14.8. The number of hydrogen-bond acceptors (Lipinski definition) is 4. The van der Waals surface area contributed by atoms with E-state index in [4.69, 9.17) is 10.1 Å². The highest BCUT2D eigenvalue weighted by Crippen LogP contribution is 2.32. The number of aliphatic imine (C=N–C) groups is 1. The lowest BCUT2D eigenvalue weighted by Crippen LogP contribution is -2.21. The van der Waals surface area contributed by atoms with Gasteiger partial charge in [0, 0.05) is 17.3 Å². The fraction of sp³-hybridized carbons (Fsp3) is 0.208. The van der Waals surface area contributed by atoms with E-state index in [1.165, 1.54) is 24.6 Å². The Morgan fingerprint density at radius 1 is 1.03 bits per heavy atom. The maximum atomic E-state index is 12.6. The zero-order chi connectivity index (χ0) is 20.3. The van der Waals surface area contributed by atoms with Gasteiger partial charge < -0.3 is 5.32 Å². The average molecular weight is 415 g/mol. The third kappa shape index (κ3) is 3.96. The summed E-state index contributed by atoms with van der Waals surface area (Å²) in [5.41, 5.74) is 3.75. The van der Waals surface area contributed by atoms with Crippen LogP contribution in [0.3, 0.4) is 0 Å². The molecular formula is C24H22N4OS. The van der Waals surface area contributed by atoms with Crippen LogP contribution >= 0.6 is 11.8 Å². The van der Waals surface area contributed by atoms with Crippen molar-refractivity contribution in [3.8, 4) is 16.9 Å². The van der Waals surface area contributed by atoms with E-state index in [1.807, 2.05) is 77.6 Å². The normalized spacial score (nSPS) is 19.7. The van der Waals surface area contributed by atoms with Crippen LogP contribution in [0.25, 0.3) is 23.0 Å². The monoisotopic (exact) mass is 414 g/mol. The van der Waals surface area contributed by atoms with E-state index in [1.54, 1.807) is 0 Å². The Bertz CT molecular complexity index is 1110. The molecule has 0 atom stereocenters. The number of amides is 1. The Kier molecular flexibility index (Phi) is 5.24. The van der Waals surface area contributed by atoms with Crippen molar-refractivity contribution in [1.82, 2.24) is 15.1 Å². The van der Waals surface area contributed by atoms with Gasteiger partial charge in [-0.3, -0.25) is 9.79 Å². The molecule has 1 N–H and O–H groups in total. The molecule has 5 rings (SSSR count). The number of carbonyl (C=O) groups is 1. The van der Waals surface area contributed by atoms with Crippen LogP contribution in [0.5, 0.6) is 0 Å². The van der Waals surface area contributed by atoms with E-state index in [9.17, 15) is 4.79 Å². The number of amidine groups is 1. The minimum Gasteiger partial charge on any atom is -0.301 e. The Balaban J connectivity index is 1.51. The summed E-state index contributed by atoms with van der Waals surface area (Å²) in [7, 11) is 0. The molecule has 0 radical (unpaired) electrons. The van der Waals surface area contributed by atoms with E-state index in [2.05, 4.69) is 5.32 Å². The Hall–Kier alpha value is -3.12. The SMILES string of the molecule is O=C1NC(=NC2CCCC2)S/C1=C\c1cn(-c2ccccc2)nc1-c1ccccc1. The first-order valence-electron chi connectivity index (χ1n) is 10.3. The summed E-state index contributed by atoms with van der Waals surface area (Å²) in [4.78, 5) is 18.0. The van der Waals surface area contributed by atoms with E-state index in [0.717, 1.165) is 40.5 Å². The largest absolute Gasteiger partial charge is 0.301 e. The number of aromatic nitrogens is 2. The molecule has 6 heteroatoms. The van der Waals surface area contributed by atoms with Crippen LogP contribution in [0.15, 0.2) is 76.8 Å². The Labute approximate surface area is 179 Å². The molecule has 0 spiro atoms. The van der Waals surface area contributed by atoms with Crippen molar-refractivity contribution in [1.29, 1.82) is 0 Å². The zero-order valence-electron chi connectivity index (χ0n) is 16.5. The number of rotatable bonds is 4. The fourth-order valence-corrected chi connectivity index (χ4v) is 4.74. The number of thioether (sulfide) groups is 1. The lowest BCUT2D eigenvalue weighted by Gasteiger charge is -2.02. The van der Waals surface area contributed by atoms with Gasteiger partial charge in [0.15, 0.2) is 5.17 Å². The second-order valence-corrected chi connectivity index (χ2v) is 8.55. The molecule has 2 fully saturated rings. The molecule has 1 saturated heterocycles. The molecular weight excluding hydrogens is 392 g/mol. The molecule has 1 saturated carbocycles. The molecule has 3 aromatic rings. The standard InChI is InChI=1S/C24H22N4OS/c29-23-21(30-24(26-23)25-19-11-7-8-12-19)15-18-16-28(20-13-5-2-6-14-20)27-22(18)17-9-3-1-4-10-17/h1-6,9-10,13-16,19H,7-8,11-12H2,(H,25,26,29)/b21-15-. The topological polar surface area (TPSA) is 59.3 Å². The summed E-state index contributed by atoms with van der Waals surface area (Å²) in [6, 6.07) is 20.4. The number of benzene rings is 2. The van der Waals surface area contributed by atoms with Gasteiger partial charge in [0.2, 0.25) is 0 Å². The predicted molar refractivity (Wildman–Crippen MR) is 122 cm³/mol. The van der Waals surface area contributed by atoms with E-state index < -0.39 is 0 Å². The van der Waals surface area contributed by atoms with Crippen LogP contribution in [-0.4, -0.2) is 26.9 Å². The third-order valence-corrected chi connectivity index (χ3v) is 6.30. The number of para-hydroxylation sites is 1. The molecule has 1 amide bonds. The molecule has 1 aliphatic carbocycles. The summed E-state index contributed by atoms with van der Waals surface area (Å²) in [5, 5.41) is 8.47. The van der Waals surface area contributed by atoms with Crippen molar-refractivity contribution in [2.24, 2.45) is 4.99 Å². The van der Waals surface area contributed by atoms with Crippen LogP contribution in [0, 0.1) is 0 Å². The molecule has 2 heterocycles. The fourth-order valence-electron chi connectivity index (χ4n) is 3.86. The summed E-state index contributed by atoms with van der Waals surface area (Å²) in [6.45, 7) is 0. The highest BCUT2D eigenvalue weighted by Gasteiger charge is 2.26. The molecule has 2 aromatic carbocycles. The van der Waals surface area contributed by atoms with E-state index in [-0.39, 0.29) is 5.91 Å². The minimum absolute atomic E-state index is 0.0942. The number of carbonyl (C=O) groups excluding carboxylic acids is 1. The van der Waals surface area contributed by atoms with Gasteiger partial charge >= 0.3 is 0 Å². The molecule has 5 nitrogen and oxygen atoms in total. The van der Waals surface area contributed by atoms with E-state index in [0.29, 0.717) is 10.9 Å². The summed E-state index contributed by atoms with van der Waals surface area (Å²) in [6.07, 6.45) is 8.57. The zero-order valence-corrected chi connectivity index (χ0v) is 17.3. The molecule has 0 unspecified atom stereocenters. The first-order valence-corrected chi connectivity index (χ1v) is 11.1. The van der Waals surface area contributed by atoms with Crippen molar-refractivity contribution in [2.45, 2.75) is 31.7 Å². The van der Waals surface area contributed by atoms with Crippen molar-refractivity contribution >= 4 is 28.9 Å². The molecule has 0 bridgehead atoms. The number of nitrogens with zero attached hydrogens (tertiary/aromatic N) is 3. The lowest BCUT2D eigenvalue weighted by atomic mass is 10.1. The highest BCUT2D eigenvalue weighted by atomic mass is 32.2. The van der Waals surface area contributed by atoms with Crippen LogP contribution < -0.4 is 5.32 Å². The van der Waals surface area contributed by atoms with Crippen LogP contribution in [0.4, 0.5) is 0 Å². The predicted octanol–water partition coefficient (Wildman–Crippen LogP) is 5.04. The molecule has 1 aromatic heterocycles. The molecule has 1 aliphatic heterocycles. The van der Waals surface area contributed by atoms with Gasteiger partial charge in [-0.05, 0) is 42.8 Å². The first kappa shape index (κ1) is 18.9. The minimum atomic E-state index is -0.0942. The van der Waals surface area contributed by atoms with E-state index >= 15 is 0 Å². The van der Waals surface area contributed by atoms with Crippen molar-refractivity contribution in [3.63, 3.8) is 0 Å². The maximum Gasteiger partial charge on any atom is 0.264 e. The summed E-state index contributed by atoms with van der Waals surface area (Å²) < 4.78 is 1.86. The maximum absolute atomic E-state index is 12.6. The summed E-state index contributed by atoms with van der Waals surface area (Å²) in [5.74, 6) is -0.0942. The smallest absolute Gasteiger partial charge is 0.264 e.